The van der Waals surface area contributed by atoms with Crippen LogP contribution in [0.1, 0.15) is 12.0 Å². The van der Waals surface area contributed by atoms with E-state index >= 15 is 0 Å². The number of ether oxygens (including phenoxy) is 2. The molecule has 2 aromatic rings. The number of aliphatic imine (C=N–C) groups is 1. The fraction of sp³-hybridized carbons (Fsp3) is 0.368. The Morgan fingerprint density at radius 2 is 2.08 bits per heavy atom. The van der Waals surface area contributed by atoms with Gasteiger partial charge in [0.2, 0.25) is 0 Å². The van der Waals surface area contributed by atoms with Gasteiger partial charge in [-0.05, 0) is 30.2 Å². The zero-order valence-corrected chi connectivity index (χ0v) is 17.6. The zero-order valence-electron chi connectivity index (χ0n) is 15.3. The summed E-state index contributed by atoms with van der Waals surface area (Å²) < 4.78 is 10.7. The summed E-state index contributed by atoms with van der Waals surface area (Å²) in [6.07, 6.45) is 5.41. The highest BCUT2D eigenvalue weighted by Crippen LogP contribution is 2.17. The minimum absolute atomic E-state index is 0. The summed E-state index contributed by atoms with van der Waals surface area (Å²) in [7, 11) is 3.45. The number of pyridine rings is 1. The van der Waals surface area contributed by atoms with Crippen LogP contribution in [0, 0.1) is 0 Å². The van der Waals surface area contributed by atoms with Gasteiger partial charge < -0.3 is 20.1 Å². The molecule has 0 radical (unpaired) electrons. The molecule has 1 aromatic heterocycles. The summed E-state index contributed by atoms with van der Waals surface area (Å²) in [5.74, 6) is 1.55. The lowest BCUT2D eigenvalue weighted by Gasteiger charge is -2.13. The van der Waals surface area contributed by atoms with E-state index in [1.165, 1.54) is 5.56 Å². The van der Waals surface area contributed by atoms with Gasteiger partial charge in [0.15, 0.2) is 5.96 Å². The maximum atomic E-state index is 5.72. The first-order valence-electron chi connectivity index (χ1n) is 8.40. The summed E-state index contributed by atoms with van der Waals surface area (Å²) >= 11 is 0. The van der Waals surface area contributed by atoms with Gasteiger partial charge in [-0.2, -0.15) is 0 Å². The monoisotopic (exact) mass is 470 g/mol. The Balaban J connectivity index is 0.00000338. The number of aromatic nitrogens is 1. The minimum Gasteiger partial charge on any atom is -0.493 e. The van der Waals surface area contributed by atoms with Gasteiger partial charge in [0.05, 0.1) is 6.61 Å². The van der Waals surface area contributed by atoms with Crippen LogP contribution >= 0.6 is 24.0 Å². The van der Waals surface area contributed by atoms with Crippen molar-refractivity contribution in [2.75, 3.05) is 39.2 Å². The lowest BCUT2D eigenvalue weighted by Crippen LogP contribution is -2.32. The van der Waals surface area contributed by atoms with E-state index in [4.69, 9.17) is 9.47 Å². The Hall–Kier alpha value is -1.87. The van der Waals surface area contributed by atoms with Crippen molar-refractivity contribution in [3.05, 3.63) is 54.4 Å². The number of guanidine groups is 1. The van der Waals surface area contributed by atoms with E-state index in [0.717, 1.165) is 36.8 Å². The Morgan fingerprint density at radius 3 is 2.81 bits per heavy atom. The predicted octanol–water partition coefficient (Wildman–Crippen LogP) is 3.34. The second-order valence-electron chi connectivity index (χ2n) is 5.46. The maximum Gasteiger partial charge on any atom is 0.195 e. The molecule has 0 bridgehead atoms. The number of anilines is 1. The average molecular weight is 470 g/mol. The molecule has 26 heavy (non-hydrogen) atoms. The number of nitrogens with zero attached hydrogens (tertiary/aromatic N) is 2. The van der Waals surface area contributed by atoms with Crippen molar-refractivity contribution < 1.29 is 9.47 Å². The number of rotatable bonds is 9. The number of benzene rings is 1. The largest absolute Gasteiger partial charge is 0.493 e. The molecule has 0 unspecified atom stereocenters. The van der Waals surface area contributed by atoms with Crippen molar-refractivity contribution in [2.24, 2.45) is 4.99 Å². The van der Waals surface area contributed by atoms with Crippen molar-refractivity contribution in [3.8, 4) is 5.75 Å². The van der Waals surface area contributed by atoms with Crippen LogP contribution < -0.4 is 15.4 Å². The van der Waals surface area contributed by atoms with E-state index in [1.807, 2.05) is 36.5 Å². The molecule has 6 nitrogen and oxygen atoms in total. The Morgan fingerprint density at radius 1 is 1.19 bits per heavy atom. The van der Waals surface area contributed by atoms with Gasteiger partial charge in [-0.15, -0.1) is 24.0 Å². The molecule has 0 amide bonds. The minimum atomic E-state index is 0. The molecule has 1 heterocycles. The molecule has 2 rings (SSSR count). The first-order valence-corrected chi connectivity index (χ1v) is 8.40. The predicted molar refractivity (Wildman–Crippen MR) is 117 cm³/mol. The quantitative estimate of drug-likeness (QED) is 0.255. The molecule has 0 spiro atoms. The number of hydrogen-bond acceptors (Lipinski definition) is 4. The third-order valence-electron chi connectivity index (χ3n) is 3.51. The topological polar surface area (TPSA) is 67.8 Å². The molecule has 0 saturated carbocycles. The van der Waals surface area contributed by atoms with Gasteiger partial charge in [-0.25, -0.2) is 0 Å². The van der Waals surface area contributed by atoms with Crippen LogP contribution in [0.4, 0.5) is 5.69 Å². The van der Waals surface area contributed by atoms with Gasteiger partial charge in [-0.1, -0.05) is 12.1 Å². The van der Waals surface area contributed by atoms with Crippen molar-refractivity contribution in [1.82, 2.24) is 10.3 Å². The van der Waals surface area contributed by atoms with E-state index in [-0.39, 0.29) is 24.0 Å². The molecule has 1 aromatic carbocycles. The van der Waals surface area contributed by atoms with E-state index in [9.17, 15) is 0 Å². The average Bonchev–Trinajstić information content (AvgIpc) is 2.66. The summed E-state index contributed by atoms with van der Waals surface area (Å²) in [5, 5.41) is 6.58. The molecule has 0 saturated heterocycles. The van der Waals surface area contributed by atoms with Gasteiger partial charge in [0.1, 0.15) is 5.75 Å². The molecule has 0 aliphatic carbocycles. The third-order valence-corrected chi connectivity index (χ3v) is 3.51. The SMILES string of the molecule is CN=C(NCCc1cccnc1)Nc1cccc(OCCCOC)c1.I. The van der Waals surface area contributed by atoms with Crippen molar-refractivity contribution in [2.45, 2.75) is 12.8 Å². The van der Waals surface area contributed by atoms with Crippen LogP contribution in [-0.2, 0) is 11.2 Å². The first kappa shape index (κ1) is 22.2. The maximum absolute atomic E-state index is 5.72. The van der Waals surface area contributed by atoms with Crippen molar-refractivity contribution >= 4 is 35.6 Å². The third kappa shape index (κ3) is 8.48. The fourth-order valence-corrected chi connectivity index (χ4v) is 2.24. The smallest absolute Gasteiger partial charge is 0.195 e. The van der Waals surface area contributed by atoms with E-state index < -0.39 is 0 Å². The summed E-state index contributed by atoms with van der Waals surface area (Å²) in [4.78, 5) is 8.37. The second kappa shape index (κ2) is 13.3. The van der Waals surface area contributed by atoms with Crippen LogP contribution in [0.25, 0.3) is 0 Å². The lowest BCUT2D eigenvalue weighted by molar-refractivity contribution is 0.172. The number of halogens is 1. The Kier molecular flexibility index (Phi) is 11.4. The highest BCUT2D eigenvalue weighted by atomic mass is 127. The van der Waals surface area contributed by atoms with Gasteiger partial charge >= 0.3 is 0 Å². The fourth-order valence-electron chi connectivity index (χ4n) is 2.24. The van der Waals surface area contributed by atoms with Crippen molar-refractivity contribution in [3.63, 3.8) is 0 Å². The summed E-state index contributed by atoms with van der Waals surface area (Å²) in [5.41, 5.74) is 2.12. The van der Waals surface area contributed by atoms with E-state index in [0.29, 0.717) is 13.2 Å². The van der Waals surface area contributed by atoms with E-state index in [2.05, 4.69) is 26.7 Å². The molecular formula is C19H27IN4O2. The van der Waals surface area contributed by atoms with Gasteiger partial charge in [-0.3, -0.25) is 9.98 Å². The van der Waals surface area contributed by atoms with E-state index in [1.54, 1.807) is 20.4 Å². The van der Waals surface area contributed by atoms with Gasteiger partial charge in [0, 0.05) is 57.9 Å². The van der Waals surface area contributed by atoms with Crippen LogP contribution in [0.15, 0.2) is 53.8 Å². The molecule has 142 valence electrons. The Labute approximate surface area is 172 Å². The molecule has 0 aliphatic rings. The summed E-state index contributed by atoms with van der Waals surface area (Å²) in [6.45, 7) is 2.11. The normalized spacial score (nSPS) is 10.8. The second-order valence-corrected chi connectivity index (χ2v) is 5.46. The van der Waals surface area contributed by atoms with Crippen LogP contribution in [0.3, 0.4) is 0 Å². The molecule has 0 fully saturated rings. The molecule has 0 aliphatic heterocycles. The lowest BCUT2D eigenvalue weighted by atomic mass is 10.2. The Bertz CT molecular complexity index is 653. The molecule has 2 N–H and O–H groups in total. The standard InChI is InChI=1S/C19H26N4O2.HI/c1-20-19(22-11-9-16-6-4-10-21-15-16)23-17-7-3-8-18(14-17)25-13-5-12-24-2;/h3-4,6-8,10,14-15H,5,9,11-13H2,1-2H3,(H2,20,22,23);1H. The number of hydrogen-bond donors (Lipinski definition) is 2. The summed E-state index contributed by atoms with van der Waals surface area (Å²) in [6, 6.07) is 11.8. The van der Waals surface area contributed by atoms with Crippen LogP contribution in [0.2, 0.25) is 0 Å². The molecule has 7 heteroatoms. The molecular weight excluding hydrogens is 443 g/mol. The van der Waals surface area contributed by atoms with Crippen LogP contribution in [-0.4, -0.2) is 44.9 Å². The van der Waals surface area contributed by atoms with Crippen molar-refractivity contribution in [1.29, 1.82) is 0 Å². The zero-order chi connectivity index (χ0) is 17.7. The highest BCUT2D eigenvalue weighted by Gasteiger charge is 2.02. The van der Waals surface area contributed by atoms with Gasteiger partial charge in [0.25, 0.3) is 0 Å². The van der Waals surface area contributed by atoms with Crippen LogP contribution in [0.5, 0.6) is 5.75 Å². The number of nitrogens with one attached hydrogen (secondary N) is 2. The molecule has 0 atom stereocenters. The number of methoxy groups -OCH3 is 1. The highest BCUT2D eigenvalue weighted by molar-refractivity contribution is 14.0. The first-order chi connectivity index (χ1) is 12.3.